The largest absolute Gasteiger partial charge is 0.508 e. The summed E-state index contributed by atoms with van der Waals surface area (Å²) in [6.45, 7) is 0. The smallest absolute Gasteiger partial charge is 0.115 e. The molecular weight excluding hydrogens is 150 g/mol. The molecule has 0 saturated heterocycles. The van der Waals surface area contributed by atoms with Crippen molar-refractivity contribution in [3.05, 3.63) is 29.8 Å². The fourth-order valence-corrected chi connectivity index (χ4v) is 0.684. The van der Waals surface area contributed by atoms with Crippen molar-refractivity contribution in [2.45, 2.75) is 0 Å². The number of phenolic OH excluding ortho intramolecular Hbond substituents is 1. The van der Waals surface area contributed by atoms with Crippen LogP contribution in [0.4, 0.5) is 0 Å². The molecule has 0 fully saturated rings. The van der Waals surface area contributed by atoms with Crippen LogP contribution >= 0.6 is 0 Å². The van der Waals surface area contributed by atoms with Gasteiger partial charge in [-0.1, -0.05) is 5.92 Å². The molecule has 0 aliphatic carbocycles. The van der Waals surface area contributed by atoms with Crippen LogP contribution in [0, 0.1) is 23.8 Å². The van der Waals surface area contributed by atoms with Crippen LogP contribution in [0.3, 0.4) is 0 Å². The maximum Gasteiger partial charge on any atom is 0.115 e. The van der Waals surface area contributed by atoms with Gasteiger partial charge in [0.1, 0.15) is 5.75 Å². The van der Waals surface area contributed by atoms with Gasteiger partial charge in [0.25, 0.3) is 0 Å². The SMILES string of the molecule is NC#CC#Cc1ccc(O)cc1. The highest BCUT2D eigenvalue weighted by Gasteiger charge is 1.85. The summed E-state index contributed by atoms with van der Waals surface area (Å²) in [6, 6.07) is 8.73. The standard InChI is InChI=1S/C10H7NO/c11-8-2-1-3-9-4-6-10(12)7-5-9/h4-7,12H,11H2. The Hall–Kier alpha value is -2.06. The lowest BCUT2D eigenvalue weighted by Crippen LogP contribution is -1.75. The molecule has 0 unspecified atom stereocenters. The molecule has 0 atom stereocenters. The van der Waals surface area contributed by atoms with Crippen molar-refractivity contribution in [1.29, 1.82) is 0 Å². The molecule has 12 heavy (non-hydrogen) atoms. The summed E-state index contributed by atoms with van der Waals surface area (Å²) in [7, 11) is 0. The molecule has 1 rings (SSSR count). The fourth-order valence-electron chi connectivity index (χ4n) is 0.684. The normalized spacial score (nSPS) is 7.33. The van der Waals surface area contributed by atoms with E-state index in [-0.39, 0.29) is 5.75 Å². The van der Waals surface area contributed by atoms with Gasteiger partial charge < -0.3 is 10.8 Å². The van der Waals surface area contributed by atoms with Gasteiger partial charge in [0, 0.05) is 17.5 Å². The first-order valence-electron chi connectivity index (χ1n) is 3.33. The molecule has 0 amide bonds. The first kappa shape index (κ1) is 8.04. The van der Waals surface area contributed by atoms with E-state index in [1.54, 1.807) is 24.3 Å². The number of aromatic hydroxyl groups is 1. The zero-order valence-electron chi connectivity index (χ0n) is 6.33. The Labute approximate surface area is 71.0 Å². The molecule has 1 aromatic carbocycles. The first-order valence-corrected chi connectivity index (χ1v) is 3.33. The van der Waals surface area contributed by atoms with Gasteiger partial charge in [0.05, 0.1) is 0 Å². The molecule has 1 aromatic rings. The number of rotatable bonds is 0. The second kappa shape index (κ2) is 3.95. The van der Waals surface area contributed by atoms with Crippen LogP contribution in [-0.4, -0.2) is 5.11 Å². The van der Waals surface area contributed by atoms with Crippen molar-refractivity contribution in [2.75, 3.05) is 0 Å². The highest BCUT2D eigenvalue weighted by molar-refractivity contribution is 5.41. The predicted molar refractivity (Wildman–Crippen MR) is 46.9 cm³/mol. The molecule has 0 aliphatic heterocycles. The van der Waals surface area contributed by atoms with E-state index in [9.17, 15) is 0 Å². The summed E-state index contributed by atoms with van der Waals surface area (Å²) in [5.74, 6) is 7.95. The molecule has 2 nitrogen and oxygen atoms in total. The predicted octanol–water partition coefficient (Wildman–Crippen LogP) is 0.663. The van der Waals surface area contributed by atoms with Gasteiger partial charge in [-0.2, -0.15) is 0 Å². The van der Waals surface area contributed by atoms with Crippen molar-refractivity contribution in [3.8, 4) is 29.6 Å². The Balaban J connectivity index is 2.84. The Morgan fingerprint density at radius 2 is 1.75 bits per heavy atom. The van der Waals surface area contributed by atoms with E-state index in [1.165, 1.54) is 0 Å². The minimum atomic E-state index is 0.227. The van der Waals surface area contributed by atoms with E-state index >= 15 is 0 Å². The lowest BCUT2D eigenvalue weighted by Gasteiger charge is -1.89. The number of phenols is 1. The maximum atomic E-state index is 8.93. The average Bonchev–Trinajstić information content (AvgIpc) is 2.09. The van der Waals surface area contributed by atoms with Gasteiger partial charge in [-0.05, 0) is 30.2 Å². The van der Waals surface area contributed by atoms with Crippen LogP contribution in [0.15, 0.2) is 24.3 Å². The van der Waals surface area contributed by atoms with Crippen LogP contribution in [0.5, 0.6) is 5.75 Å². The Morgan fingerprint density at radius 1 is 1.08 bits per heavy atom. The monoisotopic (exact) mass is 157 g/mol. The molecule has 2 heteroatoms. The van der Waals surface area contributed by atoms with E-state index in [0.717, 1.165) is 5.56 Å². The van der Waals surface area contributed by atoms with Crippen LogP contribution in [0.2, 0.25) is 0 Å². The summed E-state index contributed by atoms with van der Waals surface area (Å²) < 4.78 is 0. The van der Waals surface area contributed by atoms with E-state index in [1.807, 2.05) is 0 Å². The topological polar surface area (TPSA) is 46.2 Å². The summed E-state index contributed by atoms with van der Waals surface area (Å²) in [4.78, 5) is 0. The van der Waals surface area contributed by atoms with E-state index in [0.29, 0.717) is 0 Å². The number of benzene rings is 1. The molecule has 58 valence electrons. The third-order valence-corrected chi connectivity index (χ3v) is 1.21. The number of hydrogen-bond donors (Lipinski definition) is 2. The van der Waals surface area contributed by atoms with Gasteiger partial charge in [0.2, 0.25) is 0 Å². The molecule has 0 spiro atoms. The summed E-state index contributed by atoms with van der Waals surface area (Å²) in [6.07, 6.45) is 0. The van der Waals surface area contributed by atoms with Gasteiger partial charge in [-0.25, -0.2) is 0 Å². The molecule has 0 bridgehead atoms. The zero-order valence-corrected chi connectivity index (χ0v) is 6.33. The van der Waals surface area contributed by atoms with Crippen molar-refractivity contribution in [2.24, 2.45) is 5.73 Å². The van der Waals surface area contributed by atoms with Gasteiger partial charge in [-0.3, -0.25) is 0 Å². The van der Waals surface area contributed by atoms with Crippen LogP contribution in [0.1, 0.15) is 5.56 Å². The second-order valence-corrected chi connectivity index (χ2v) is 2.07. The molecule has 0 radical (unpaired) electrons. The van der Waals surface area contributed by atoms with E-state index in [4.69, 9.17) is 10.8 Å². The molecule has 0 heterocycles. The highest BCUT2D eigenvalue weighted by atomic mass is 16.3. The molecule has 3 N–H and O–H groups in total. The zero-order chi connectivity index (χ0) is 8.81. The van der Waals surface area contributed by atoms with Gasteiger partial charge in [-0.15, -0.1) is 0 Å². The second-order valence-electron chi connectivity index (χ2n) is 2.07. The quantitative estimate of drug-likeness (QED) is 0.429. The number of hydrogen-bond acceptors (Lipinski definition) is 2. The molecule has 0 aromatic heterocycles. The van der Waals surface area contributed by atoms with Crippen molar-refractivity contribution < 1.29 is 5.11 Å². The lowest BCUT2D eigenvalue weighted by molar-refractivity contribution is 0.475. The number of nitrogens with two attached hydrogens (primary N) is 1. The minimum Gasteiger partial charge on any atom is -0.508 e. The van der Waals surface area contributed by atoms with Crippen molar-refractivity contribution in [3.63, 3.8) is 0 Å². The Bertz CT molecular complexity index is 370. The Kier molecular flexibility index (Phi) is 2.65. The van der Waals surface area contributed by atoms with Crippen LogP contribution in [-0.2, 0) is 0 Å². The summed E-state index contributed by atoms with van der Waals surface area (Å²) in [5.41, 5.74) is 5.71. The molecule has 0 aliphatic rings. The Morgan fingerprint density at radius 3 is 2.33 bits per heavy atom. The minimum absolute atomic E-state index is 0.227. The maximum absolute atomic E-state index is 8.93. The van der Waals surface area contributed by atoms with Crippen LogP contribution in [0.25, 0.3) is 0 Å². The van der Waals surface area contributed by atoms with Crippen molar-refractivity contribution >= 4 is 0 Å². The molecular formula is C10H7NO. The van der Waals surface area contributed by atoms with Gasteiger partial charge in [0.15, 0.2) is 0 Å². The third-order valence-electron chi connectivity index (χ3n) is 1.21. The average molecular weight is 157 g/mol. The fraction of sp³-hybridized carbons (Fsp3) is 0. The first-order chi connectivity index (χ1) is 5.83. The van der Waals surface area contributed by atoms with Crippen molar-refractivity contribution in [1.82, 2.24) is 0 Å². The lowest BCUT2D eigenvalue weighted by atomic mass is 10.2. The van der Waals surface area contributed by atoms with Crippen LogP contribution < -0.4 is 5.73 Å². The summed E-state index contributed by atoms with van der Waals surface area (Å²) >= 11 is 0. The molecule has 0 saturated carbocycles. The summed E-state index contributed by atoms with van der Waals surface area (Å²) in [5, 5.41) is 8.93. The van der Waals surface area contributed by atoms with E-state index in [2.05, 4.69) is 23.8 Å². The van der Waals surface area contributed by atoms with Gasteiger partial charge >= 0.3 is 0 Å². The third kappa shape index (κ3) is 2.28. The highest BCUT2D eigenvalue weighted by Crippen LogP contribution is 2.07. The van der Waals surface area contributed by atoms with E-state index < -0.39 is 0 Å².